The first-order chi connectivity index (χ1) is 14.1. The first kappa shape index (κ1) is 18.3. The fraction of sp³-hybridized carbons (Fsp3) is 0.478. The molecule has 6 heteroatoms. The molecule has 1 amide bonds. The van der Waals surface area contributed by atoms with Gasteiger partial charge in [-0.2, -0.15) is 0 Å². The van der Waals surface area contributed by atoms with Crippen molar-refractivity contribution < 1.29 is 9.53 Å². The maximum Gasteiger partial charge on any atom is 0.253 e. The molecule has 0 saturated carbocycles. The number of aryl methyl sites for hydroxylation is 2. The Morgan fingerprint density at radius 3 is 2.83 bits per heavy atom. The van der Waals surface area contributed by atoms with E-state index in [4.69, 9.17) is 9.72 Å². The second-order valence-electron chi connectivity index (χ2n) is 8.43. The van der Waals surface area contributed by atoms with Gasteiger partial charge in [0.15, 0.2) is 0 Å². The lowest BCUT2D eigenvalue weighted by Gasteiger charge is -2.34. The van der Waals surface area contributed by atoms with Crippen molar-refractivity contribution in [2.45, 2.75) is 45.3 Å². The molecule has 1 aromatic carbocycles. The summed E-state index contributed by atoms with van der Waals surface area (Å²) in [7, 11) is 2.16. The molecule has 3 aliphatic rings. The number of rotatable bonds is 3. The van der Waals surface area contributed by atoms with E-state index in [-0.39, 0.29) is 12.0 Å². The lowest BCUT2D eigenvalue weighted by molar-refractivity contribution is 0.0965. The van der Waals surface area contributed by atoms with E-state index in [0.29, 0.717) is 6.54 Å². The summed E-state index contributed by atoms with van der Waals surface area (Å²) in [4.78, 5) is 21.3. The van der Waals surface area contributed by atoms with E-state index < -0.39 is 0 Å². The van der Waals surface area contributed by atoms with E-state index in [1.165, 1.54) is 17.7 Å². The van der Waals surface area contributed by atoms with Crippen LogP contribution >= 0.6 is 0 Å². The Morgan fingerprint density at radius 2 is 2.00 bits per heavy atom. The molecule has 2 aromatic rings. The molecule has 0 radical (unpaired) electrons. The van der Waals surface area contributed by atoms with Crippen LogP contribution in [-0.2, 0) is 13.0 Å². The number of fused-ring (bicyclic) bond motifs is 2. The number of pyridine rings is 1. The van der Waals surface area contributed by atoms with Gasteiger partial charge < -0.3 is 19.9 Å². The summed E-state index contributed by atoms with van der Waals surface area (Å²) in [5.74, 6) is 2.00. The third kappa shape index (κ3) is 3.41. The van der Waals surface area contributed by atoms with E-state index in [1.807, 2.05) is 13.0 Å². The van der Waals surface area contributed by atoms with Gasteiger partial charge in [-0.1, -0.05) is 0 Å². The molecular formula is C23H28N4O2. The maximum atomic E-state index is 11.8. The largest absolute Gasteiger partial charge is 0.490 e. The number of aromatic nitrogens is 1. The van der Waals surface area contributed by atoms with E-state index in [2.05, 4.69) is 40.4 Å². The molecule has 0 unspecified atom stereocenters. The Hall–Kier alpha value is -2.76. The molecule has 0 aliphatic carbocycles. The molecule has 1 N–H and O–H groups in total. The second-order valence-corrected chi connectivity index (χ2v) is 8.43. The minimum Gasteiger partial charge on any atom is -0.490 e. The Balaban J connectivity index is 1.24. The molecule has 29 heavy (non-hydrogen) atoms. The summed E-state index contributed by atoms with van der Waals surface area (Å²) in [6.07, 6.45) is 4.54. The normalized spacial score (nSPS) is 19.0. The van der Waals surface area contributed by atoms with Crippen LogP contribution in [0.1, 0.15) is 46.4 Å². The smallest absolute Gasteiger partial charge is 0.253 e. The highest BCUT2D eigenvalue weighted by Crippen LogP contribution is 2.31. The summed E-state index contributed by atoms with van der Waals surface area (Å²) in [5, 5.41) is 2.86. The third-order valence-corrected chi connectivity index (χ3v) is 6.37. The highest BCUT2D eigenvalue weighted by atomic mass is 16.5. The number of hydrogen-bond donors (Lipinski definition) is 1. The molecule has 1 saturated heterocycles. The minimum atomic E-state index is -0.00879. The van der Waals surface area contributed by atoms with Gasteiger partial charge >= 0.3 is 0 Å². The highest BCUT2D eigenvalue weighted by molar-refractivity contribution is 5.98. The van der Waals surface area contributed by atoms with Gasteiger partial charge in [0.25, 0.3) is 5.91 Å². The number of hydrogen-bond acceptors (Lipinski definition) is 5. The number of anilines is 2. The number of nitrogens with zero attached hydrogens (tertiary/aromatic N) is 3. The SMILES string of the molecule is Cc1cc2c(nc1N1CCC(Oc3ccc4c(c3)CCCN4C)CC1)CNC2=O. The Labute approximate surface area is 171 Å². The molecule has 0 spiro atoms. The predicted octanol–water partition coefficient (Wildman–Crippen LogP) is 3.06. The van der Waals surface area contributed by atoms with Crippen LogP contribution in [0, 0.1) is 6.92 Å². The summed E-state index contributed by atoms with van der Waals surface area (Å²) in [6, 6.07) is 8.52. The number of carbonyl (C=O) groups is 1. The predicted molar refractivity (Wildman–Crippen MR) is 114 cm³/mol. The van der Waals surface area contributed by atoms with Crippen molar-refractivity contribution in [1.29, 1.82) is 0 Å². The summed E-state index contributed by atoms with van der Waals surface area (Å²) < 4.78 is 6.34. The van der Waals surface area contributed by atoms with Crippen molar-refractivity contribution in [1.82, 2.24) is 10.3 Å². The van der Waals surface area contributed by atoms with Crippen LogP contribution in [0.5, 0.6) is 5.75 Å². The Bertz CT molecular complexity index is 950. The molecule has 5 rings (SSSR count). The standard InChI is InChI=1S/C23H28N4O2/c1-15-12-19-20(14-24-23(19)28)25-22(15)27-10-7-17(8-11-27)29-18-5-6-21-16(13-18)4-3-9-26(21)2/h5-6,12-13,17H,3-4,7-11,14H2,1-2H3,(H,24,28). The molecule has 4 heterocycles. The summed E-state index contributed by atoms with van der Waals surface area (Å²) in [6.45, 7) is 5.56. The number of ether oxygens (including phenoxy) is 1. The fourth-order valence-corrected chi connectivity index (χ4v) is 4.76. The number of benzene rings is 1. The molecule has 1 fully saturated rings. The molecule has 1 aromatic heterocycles. The van der Waals surface area contributed by atoms with Crippen LogP contribution in [0.15, 0.2) is 24.3 Å². The molecule has 3 aliphatic heterocycles. The average Bonchev–Trinajstić information content (AvgIpc) is 3.08. The lowest BCUT2D eigenvalue weighted by Crippen LogP contribution is -2.39. The zero-order chi connectivity index (χ0) is 20.0. The lowest BCUT2D eigenvalue weighted by atomic mass is 10.0. The van der Waals surface area contributed by atoms with Crippen molar-refractivity contribution in [2.75, 3.05) is 36.5 Å². The quantitative estimate of drug-likeness (QED) is 0.870. The van der Waals surface area contributed by atoms with Gasteiger partial charge in [-0.25, -0.2) is 4.98 Å². The number of nitrogens with one attached hydrogen (secondary N) is 1. The molecule has 0 atom stereocenters. The summed E-state index contributed by atoms with van der Waals surface area (Å²) in [5.41, 5.74) is 5.40. The topological polar surface area (TPSA) is 57.7 Å². The maximum absolute atomic E-state index is 11.8. The van der Waals surface area contributed by atoms with Crippen LogP contribution in [0.3, 0.4) is 0 Å². The van der Waals surface area contributed by atoms with Crippen LogP contribution in [-0.4, -0.2) is 43.7 Å². The fourth-order valence-electron chi connectivity index (χ4n) is 4.76. The van der Waals surface area contributed by atoms with Gasteiger partial charge in [-0.15, -0.1) is 0 Å². The number of piperidine rings is 1. The first-order valence-electron chi connectivity index (χ1n) is 10.6. The Kier molecular flexibility index (Phi) is 4.57. The molecular weight excluding hydrogens is 364 g/mol. The van der Waals surface area contributed by atoms with Gasteiger partial charge in [0.05, 0.1) is 17.8 Å². The molecule has 152 valence electrons. The van der Waals surface area contributed by atoms with E-state index >= 15 is 0 Å². The third-order valence-electron chi connectivity index (χ3n) is 6.37. The second kappa shape index (κ2) is 7.25. The van der Waals surface area contributed by atoms with E-state index in [0.717, 1.165) is 67.3 Å². The van der Waals surface area contributed by atoms with Gasteiger partial charge in [0.1, 0.15) is 17.7 Å². The van der Waals surface area contributed by atoms with Crippen LogP contribution < -0.4 is 19.9 Å². The monoisotopic (exact) mass is 392 g/mol. The minimum absolute atomic E-state index is 0.00879. The Morgan fingerprint density at radius 1 is 1.17 bits per heavy atom. The van der Waals surface area contributed by atoms with Crippen molar-refractivity contribution in [3.05, 3.63) is 46.6 Å². The zero-order valence-electron chi connectivity index (χ0n) is 17.2. The summed E-state index contributed by atoms with van der Waals surface area (Å²) >= 11 is 0. The van der Waals surface area contributed by atoms with Crippen LogP contribution in [0.4, 0.5) is 11.5 Å². The van der Waals surface area contributed by atoms with Gasteiger partial charge in [0.2, 0.25) is 0 Å². The number of amides is 1. The molecule has 6 nitrogen and oxygen atoms in total. The van der Waals surface area contributed by atoms with E-state index in [9.17, 15) is 4.79 Å². The zero-order valence-corrected chi connectivity index (χ0v) is 17.2. The molecule has 0 bridgehead atoms. The highest BCUT2D eigenvalue weighted by Gasteiger charge is 2.27. The average molecular weight is 393 g/mol. The van der Waals surface area contributed by atoms with Crippen molar-refractivity contribution in [3.63, 3.8) is 0 Å². The number of carbonyl (C=O) groups excluding carboxylic acids is 1. The van der Waals surface area contributed by atoms with Gasteiger partial charge in [-0.3, -0.25) is 4.79 Å². The first-order valence-corrected chi connectivity index (χ1v) is 10.6. The van der Waals surface area contributed by atoms with Crippen LogP contribution in [0.25, 0.3) is 0 Å². The van der Waals surface area contributed by atoms with Gasteiger partial charge in [-0.05, 0) is 55.2 Å². The van der Waals surface area contributed by atoms with Crippen LogP contribution in [0.2, 0.25) is 0 Å². The van der Waals surface area contributed by atoms with E-state index in [1.54, 1.807) is 0 Å². The van der Waals surface area contributed by atoms with Gasteiger partial charge in [0, 0.05) is 45.2 Å². The van der Waals surface area contributed by atoms with Crippen molar-refractivity contribution >= 4 is 17.4 Å². The van der Waals surface area contributed by atoms with Crippen molar-refractivity contribution in [3.8, 4) is 5.75 Å². The van der Waals surface area contributed by atoms with Crippen molar-refractivity contribution in [2.24, 2.45) is 0 Å².